The van der Waals surface area contributed by atoms with Crippen molar-refractivity contribution < 1.29 is 14.6 Å². The average Bonchev–Trinajstić information content (AvgIpc) is 2.49. The zero-order valence-corrected chi connectivity index (χ0v) is 12.6. The maximum absolute atomic E-state index is 9.80. The van der Waals surface area contributed by atoms with E-state index in [1.807, 2.05) is 12.1 Å². The molecular formula is C16H27NO3. The third-order valence-electron chi connectivity index (χ3n) is 3.11. The van der Waals surface area contributed by atoms with Crippen LogP contribution in [0.25, 0.3) is 0 Å². The van der Waals surface area contributed by atoms with E-state index in [9.17, 15) is 5.11 Å². The first kappa shape index (κ1) is 17.0. The summed E-state index contributed by atoms with van der Waals surface area (Å²) < 4.78 is 10.5. The third-order valence-corrected chi connectivity index (χ3v) is 3.11. The van der Waals surface area contributed by atoms with Gasteiger partial charge in [0.15, 0.2) is 0 Å². The number of rotatable bonds is 11. The number of methoxy groups -OCH3 is 1. The molecule has 1 aromatic rings. The predicted octanol–water partition coefficient (Wildman–Crippen LogP) is 2.00. The van der Waals surface area contributed by atoms with Crippen LogP contribution >= 0.6 is 0 Å². The molecule has 20 heavy (non-hydrogen) atoms. The van der Waals surface area contributed by atoms with Crippen LogP contribution in [-0.4, -0.2) is 44.6 Å². The number of ether oxygens (including phenoxy) is 2. The molecule has 0 aromatic heterocycles. The van der Waals surface area contributed by atoms with Gasteiger partial charge in [-0.25, -0.2) is 0 Å². The zero-order chi connectivity index (χ0) is 14.6. The standard InChI is InChI=1S/C16H27NO3/c1-3-14-6-8-16(9-7-14)20-13-15(18)12-17-10-4-5-11-19-2/h6-9,15,17-18H,3-5,10-13H2,1-2H3. The summed E-state index contributed by atoms with van der Waals surface area (Å²) in [5.41, 5.74) is 1.29. The van der Waals surface area contributed by atoms with Crippen LogP contribution < -0.4 is 10.1 Å². The Morgan fingerprint density at radius 2 is 1.95 bits per heavy atom. The molecule has 0 radical (unpaired) electrons. The number of aryl methyl sites for hydroxylation is 1. The Kier molecular flexibility index (Phi) is 9.04. The lowest BCUT2D eigenvalue weighted by Gasteiger charge is -2.13. The summed E-state index contributed by atoms with van der Waals surface area (Å²) in [5, 5.41) is 13.0. The van der Waals surface area contributed by atoms with E-state index in [4.69, 9.17) is 9.47 Å². The topological polar surface area (TPSA) is 50.7 Å². The minimum Gasteiger partial charge on any atom is -0.491 e. The van der Waals surface area contributed by atoms with Crippen molar-refractivity contribution >= 4 is 0 Å². The monoisotopic (exact) mass is 281 g/mol. The molecule has 0 saturated heterocycles. The summed E-state index contributed by atoms with van der Waals surface area (Å²) in [4.78, 5) is 0. The summed E-state index contributed by atoms with van der Waals surface area (Å²) >= 11 is 0. The second-order valence-corrected chi connectivity index (χ2v) is 4.87. The summed E-state index contributed by atoms with van der Waals surface area (Å²) in [6.07, 6.45) is 2.64. The molecule has 1 aromatic carbocycles. The van der Waals surface area contributed by atoms with Crippen LogP contribution in [0.3, 0.4) is 0 Å². The van der Waals surface area contributed by atoms with Gasteiger partial charge in [-0.1, -0.05) is 19.1 Å². The van der Waals surface area contributed by atoms with Gasteiger partial charge in [-0.15, -0.1) is 0 Å². The first-order chi connectivity index (χ1) is 9.76. The Morgan fingerprint density at radius 3 is 2.60 bits per heavy atom. The normalized spacial score (nSPS) is 12.3. The van der Waals surface area contributed by atoms with Gasteiger partial charge in [-0.2, -0.15) is 0 Å². The molecule has 1 rings (SSSR count). The Hall–Kier alpha value is -1.10. The van der Waals surface area contributed by atoms with Crippen LogP contribution in [0.2, 0.25) is 0 Å². The van der Waals surface area contributed by atoms with E-state index in [0.29, 0.717) is 13.2 Å². The highest BCUT2D eigenvalue weighted by Gasteiger charge is 2.04. The fraction of sp³-hybridized carbons (Fsp3) is 0.625. The highest BCUT2D eigenvalue weighted by molar-refractivity contribution is 5.27. The van der Waals surface area contributed by atoms with Crippen molar-refractivity contribution in [2.24, 2.45) is 0 Å². The van der Waals surface area contributed by atoms with Gasteiger partial charge in [0.05, 0.1) is 0 Å². The largest absolute Gasteiger partial charge is 0.491 e. The molecular weight excluding hydrogens is 254 g/mol. The van der Waals surface area contributed by atoms with Crippen molar-refractivity contribution in [2.45, 2.75) is 32.3 Å². The van der Waals surface area contributed by atoms with Gasteiger partial charge >= 0.3 is 0 Å². The van der Waals surface area contributed by atoms with Crippen molar-refractivity contribution in [2.75, 3.05) is 33.4 Å². The van der Waals surface area contributed by atoms with Crippen molar-refractivity contribution in [1.29, 1.82) is 0 Å². The maximum atomic E-state index is 9.80. The first-order valence-corrected chi connectivity index (χ1v) is 7.35. The molecule has 1 atom stereocenters. The fourth-order valence-corrected chi connectivity index (χ4v) is 1.84. The van der Waals surface area contributed by atoms with E-state index in [-0.39, 0.29) is 0 Å². The zero-order valence-electron chi connectivity index (χ0n) is 12.6. The molecule has 0 fully saturated rings. The SMILES string of the molecule is CCc1ccc(OCC(O)CNCCCCOC)cc1. The summed E-state index contributed by atoms with van der Waals surface area (Å²) in [7, 11) is 1.71. The molecule has 114 valence electrons. The van der Waals surface area contributed by atoms with E-state index in [0.717, 1.165) is 38.2 Å². The lowest BCUT2D eigenvalue weighted by molar-refractivity contribution is 0.106. The van der Waals surface area contributed by atoms with Gasteiger partial charge in [0.25, 0.3) is 0 Å². The van der Waals surface area contributed by atoms with Gasteiger partial charge in [0.2, 0.25) is 0 Å². The number of benzene rings is 1. The summed E-state index contributed by atoms with van der Waals surface area (Å²) in [5.74, 6) is 0.807. The van der Waals surface area contributed by atoms with E-state index in [1.54, 1.807) is 7.11 Å². The molecule has 0 heterocycles. The number of unbranched alkanes of at least 4 members (excludes halogenated alkanes) is 1. The summed E-state index contributed by atoms with van der Waals surface area (Å²) in [6.45, 7) is 4.68. The first-order valence-electron chi connectivity index (χ1n) is 7.35. The minimum absolute atomic E-state index is 0.316. The van der Waals surface area contributed by atoms with Crippen molar-refractivity contribution in [3.63, 3.8) is 0 Å². The van der Waals surface area contributed by atoms with E-state index in [1.165, 1.54) is 5.56 Å². The predicted molar refractivity (Wildman–Crippen MR) is 81.3 cm³/mol. The minimum atomic E-state index is -0.483. The lowest BCUT2D eigenvalue weighted by atomic mass is 10.2. The highest BCUT2D eigenvalue weighted by Crippen LogP contribution is 2.12. The number of hydrogen-bond donors (Lipinski definition) is 2. The molecule has 0 spiro atoms. The number of nitrogens with one attached hydrogen (secondary N) is 1. The third kappa shape index (κ3) is 7.48. The van der Waals surface area contributed by atoms with Gasteiger partial charge in [-0.3, -0.25) is 0 Å². The average molecular weight is 281 g/mol. The quantitative estimate of drug-likeness (QED) is 0.609. The molecule has 0 amide bonds. The second-order valence-electron chi connectivity index (χ2n) is 4.87. The molecule has 0 saturated carbocycles. The molecule has 4 heteroatoms. The van der Waals surface area contributed by atoms with Crippen molar-refractivity contribution in [1.82, 2.24) is 5.32 Å². The Balaban J connectivity index is 2.08. The van der Waals surface area contributed by atoms with E-state index < -0.39 is 6.10 Å². The molecule has 4 nitrogen and oxygen atoms in total. The van der Waals surface area contributed by atoms with Crippen LogP contribution in [0.5, 0.6) is 5.75 Å². The lowest BCUT2D eigenvalue weighted by Crippen LogP contribution is -2.32. The maximum Gasteiger partial charge on any atom is 0.119 e. The molecule has 0 aliphatic rings. The van der Waals surface area contributed by atoms with Gasteiger partial charge in [0.1, 0.15) is 18.5 Å². The van der Waals surface area contributed by atoms with Crippen molar-refractivity contribution in [3.8, 4) is 5.75 Å². The highest BCUT2D eigenvalue weighted by atomic mass is 16.5. The Bertz CT molecular complexity index is 340. The molecule has 0 aliphatic heterocycles. The number of aliphatic hydroxyl groups is 1. The summed E-state index contributed by atoms with van der Waals surface area (Å²) in [6, 6.07) is 8.00. The molecule has 0 aliphatic carbocycles. The van der Waals surface area contributed by atoms with Crippen LogP contribution in [0.4, 0.5) is 0 Å². The molecule has 2 N–H and O–H groups in total. The van der Waals surface area contributed by atoms with Crippen molar-refractivity contribution in [3.05, 3.63) is 29.8 Å². The van der Waals surface area contributed by atoms with E-state index in [2.05, 4.69) is 24.4 Å². The van der Waals surface area contributed by atoms with Gasteiger partial charge < -0.3 is 19.9 Å². The molecule has 1 unspecified atom stereocenters. The van der Waals surface area contributed by atoms with Crippen LogP contribution in [0, 0.1) is 0 Å². The van der Waals surface area contributed by atoms with Gasteiger partial charge in [0, 0.05) is 20.3 Å². The van der Waals surface area contributed by atoms with Crippen LogP contribution in [0.1, 0.15) is 25.3 Å². The Labute approximate surface area is 122 Å². The van der Waals surface area contributed by atoms with Crippen LogP contribution in [-0.2, 0) is 11.2 Å². The Morgan fingerprint density at radius 1 is 1.20 bits per heavy atom. The second kappa shape index (κ2) is 10.7. The van der Waals surface area contributed by atoms with E-state index >= 15 is 0 Å². The van der Waals surface area contributed by atoms with Gasteiger partial charge in [-0.05, 0) is 43.5 Å². The number of hydrogen-bond acceptors (Lipinski definition) is 4. The smallest absolute Gasteiger partial charge is 0.119 e. The van der Waals surface area contributed by atoms with Crippen LogP contribution in [0.15, 0.2) is 24.3 Å². The number of aliphatic hydroxyl groups excluding tert-OH is 1. The molecule has 0 bridgehead atoms. The fourth-order valence-electron chi connectivity index (χ4n) is 1.84.